The largest absolute Gasteiger partial charge is 0.453 e. The number of aromatic nitrogens is 2. The fourth-order valence-electron chi connectivity index (χ4n) is 7.75. The number of fused-ring (bicyclic) bond motifs is 1. The summed E-state index contributed by atoms with van der Waals surface area (Å²) in [6, 6.07) is 15.3. The lowest BCUT2D eigenvalue weighted by molar-refractivity contribution is -0.135. The summed E-state index contributed by atoms with van der Waals surface area (Å²) in [6.07, 6.45) is 11.8. The van der Waals surface area contributed by atoms with Crippen LogP contribution in [0.5, 0.6) is 0 Å². The number of H-pyrrole nitrogens is 1. The first-order valence-electron chi connectivity index (χ1n) is 17.4. The lowest BCUT2D eigenvalue weighted by Crippen LogP contribution is -2.57. The Morgan fingerprint density at radius 3 is 2.52 bits per heavy atom. The van der Waals surface area contributed by atoms with E-state index in [4.69, 9.17) is 9.72 Å². The van der Waals surface area contributed by atoms with E-state index in [0.29, 0.717) is 12.6 Å². The lowest BCUT2D eigenvalue weighted by atomic mass is 9.87. The molecular formula is C38H47N7O3. The first-order valence-corrected chi connectivity index (χ1v) is 17.4. The summed E-state index contributed by atoms with van der Waals surface area (Å²) in [6.45, 7) is 5.67. The van der Waals surface area contributed by atoms with Crippen LogP contribution < -0.4 is 16.0 Å². The second-order valence-corrected chi connectivity index (χ2v) is 13.9. The number of nitrogens with one attached hydrogen (secondary N) is 4. The summed E-state index contributed by atoms with van der Waals surface area (Å²) in [5.41, 5.74) is 9.61. The van der Waals surface area contributed by atoms with Gasteiger partial charge in [-0.15, -0.1) is 0 Å². The van der Waals surface area contributed by atoms with Crippen molar-refractivity contribution in [3.05, 3.63) is 82.9 Å². The van der Waals surface area contributed by atoms with Crippen LogP contribution in [0.4, 0.5) is 4.79 Å². The van der Waals surface area contributed by atoms with Gasteiger partial charge in [-0.2, -0.15) is 0 Å². The molecule has 0 radical (unpaired) electrons. The minimum absolute atomic E-state index is 0.0224. The number of carbonyl (C=O) groups excluding carboxylic acids is 2. The van der Waals surface area contributed by atoms with Gasteiger partial charge >= 0.3 is 6.09 Å². The molecule has 0 bridgehead atoms. The van der Waals surface area contributed by atoms with Crippen LogP contribution in [0.1, 0.15) is 80.1 Å². The summed E-state index contributed by atoms with van der Waals surface area (Å²) in [5, 5.41) is 9.88. The molecule has 2 saturated heterocycles. The number of nitrogens with zero attached hydrogens (tertiary/aromatic N) is 3. The molecule has 10 nitrogen and oxygen atoms in total. The molecule has 3 aromatic rings. The van der Waals surface area contributed by atoms with E-state index in [2.05, 4.69) is 81.4 Å². The van der Waals surface area contributed by atoms with E-state index in [0.717, 1.165) is 67.0 Å². The van der Waals surface area contributed by atoms with Gasteiger partial charge in [0.2, 0.25) is 5.91 Å². The van der Waals surface area contributed by atoms with Gasteiger partial charge in [0, 0.05) is 12.7 Å². The van der Waals surface area contributed by atoms with Crippen molar-refractivity contribution in [3.8, 4) is 11.3 Å². The number of hydrogen-bond acceptors (Lipinski definition) is 7. The van der Waals surface area contributed by atoms with Gasteiger partial charge in [-0.05, 0) is 97.5 Å². The number of alkyl carbamates (subject to hydrolysis) is 1. The number of rotatable bonds is 8. The molecule has 4 aliphatic rings. The second kappa shape index (κ2) is 13.5. The van der Waals surface area contributed by atoms with Crippen molar-refractivity contribution >= 4 is 29.3 Å². The van der Waals surface area contributed by atoms with E-state index in [1.165, 1.54) is 35.8 Å². The Hall–Kier alpha value is -4.57. The van der Waals surface area contributed by atoms with Gasteiger partial charge in [-0.3, -0.25) is 9.69 Å². The molecule has 2 aromatic carbocycles. The third kappa shape index (κ3) is 6.33. The fourth-order valence-corrected chi connectivity index (χ4v) is 7.75. The molecule has 2 amide bonds. The third-order valence-electron chi connectivity index (χ3n) is 10.5. The smallest absolute Gasteiger partial charge is 0.407 e. The van der Waals surface area contributed by atoms with Crippen molar-refractivity contribution in [1.29, 1.82) is 0 Å². The monoisotopic (exact) mass is 649 g/mol. The van der Waals surface area contributed by atoms with E-state index in [1.807, 2.05) is 31.1 Å². The molecule has 10 heteroatoms. The maximum atomic E-state index is 13.6. The number of amides is 2. The number of hydrogen-bond donors (Lipinski definition) is 4. The van der Waals surface area contributed by atoms with Crippen molar-refractivity contribution in [1.82, 2.24) is 35.7 Å². The van der Waals surface area contributed by atoms with E-state index in [1.54, 1.807) is 0 Å². The molecule has 4 atom stereocenters. The summed E-state index contributed by atoms with van der Waals surface area (Å²) in [5.74, 6) is 0.943. The van der Waals surface area contributed by atoms with Gasteiger partial charge in [0.1, 0.15) is 18.0 Å². The van der Waals surface area contributed by atoms with Crippen LogP contribution in [0.25, 0.3) is 28.6 Å². The number of imidazole rings is 1. The predicted molar refractivity (Wildman–Crippen MR) is 188 cm³/mol. The highest BCUT2D eigenvalue weighted by Crippen LogP contribution is 2.34. The Kier molecular flexibility index (Phi) is 9.00. The average Bonchev–Trinajstić information content (AvgIpc) is 3.93. The molecule has 4 heterocycles. The van der Waals surface area contributed by atoms with Crippen molar-refractivity contribution < 1.29 is 14.3 Å². The number of carbonyl (C=O) groups is 2. The highest BCUT2D eigenvalue weighted by Gasteiger charge is 2.40. The summed E-state index contributed by atoms with van der Waals surface area (Å²) in [4.78, 5) is 38.1. The molecular weight excluding hydrogens is 602 g/mol. The number of allylic oxidation sites excluding steroid dienone is 1. The topological polar surface area (TPSA) is 115 Å². The predicted octanol–water partition coefficient (Wildman–Crippen LogP) is 5.52. The van der Waals surface area contributed by atoms with Crippen LogP contribution in [-0.2, 0) is 16.0 Å². The fraction of sp³-hybridized carbons (Fsp3) is 0.447. The quantitative estimate of drug-likeness (QED) is 0.254. The van der Waals surface area contributed by atoms with Crippen LogP contribution >= 0.6 is 0 Å². The molecule has 1 aliphatic carbocycles. The Morgan fingerprint density at radius 1 is 1.00 bits per heavy atom. The molecule has 0 spiro atoms. The van der Waals surface area contributed by atoms with Gasteiger partial charge in [0.05, 0.1) is 36.8 Å². The summed E-state index contributed by atoms with van der Waals surface area (Å²) in [7, 11) is 3.49. The SMILES string of the molecule is COC(=O)N[C@H](C(=O)N1CCCC1[C@H]1NC=C(c2ccc3c(c2)CCC(c2ccc(-c4cnc(C5CCCN5C)[nH]4)cc2)=C3)N1)C(C)C. The summed E-state index contributed by atoms with van der Waals surface area (Å²) >= 11 is 0. The Bertz CT molecular complexity index is 1730. The maximum Gasteiger partial charge on any atom is 0.407 e. The molecule has 4 N–H and O–H groups in total. The second-order valence-electron chi connectivity index (χ2n) is 13.9. The average molecular weight is 650 g/mol. The van der Waals surface area contributed by atoms with Gasteiger partial charge in [-0.25, -0.2) is 9.78 Å². The number of aromatic amines is 1. The lowest BCUT2D eigenvalue weighted by Gasteiger charge is -2.34. The van der Waals surface area contributed by atoms with E-state index < -0.39 is 12.1 Å². The van der Waals surface area contributed by atoms with Gasteiger partial charge in [0.25, 0.3) is 0 Å². The molecule has 252 valence electrons. The van der Waals surface area contributed by atoms with E-state index in [-0.39, 0.29) is 24.0 Å². The molecule has 0 saturated carbocycles. The minimum Gasteiger partial charge on any atom is -0.453 e. The first kappa shape index (κ1) is 32.0. The zero-order valence-electron chi connectivity index (χ0n) is 28.4. The van der Waals surface area contributed by atoms with Gasteiger partial charge < -0.3 is 30.6 Å². The van der Waals surface area contributed by atoms with Gasteiger partial charge in [0.15, 0.2) is 0 Å². The zero-order valence-corrected chi connectivity index (χ0v) is 28.4. The van der Waals surface area contributed by atoms with Crippen LogP contribution in [0, 0.1) is 5.92 Å². The maximum absolute atomic E-state index is 13.6. The minimum atomic E-state index is -0.628. The Labute approximate surface area is 283 Å². The van der Waals surface area contributed by atoms with Crippen LogP contribution in [0.2, 0.25) is 0 Å². The van der Waals surface area contributed by atoms with Crippen LogP contribution in [0.15, 0.2) is 54.9 Å². The first-order chi connectivity index (χ1) is 23.3. The standard InChI is InChI=1S/C38H47N7O3/c1-23(2)34(43-38(47)48-4)37(46)45-18-6-8-33(45)36-40-22-31(42-36)29-16-15-27-19-26(13-14-28(27)20-29)24-9-11-25(12-10-24)30-21-39-35(41-30)32-7-5-17-44(32)3/h9-12,15-16,19-23,32-34,36,40,42H,5-8,13-14,17-18H2,1-4H3,(H,39,41)(H,43,47)/t32?,33?,34-,36-/m0/s1. The van der Waals surface area contributed by atoms with E-state index >= 15 is 0 Å². The Morgan fingerprint density at radius 2 is 1.77 bits per heavy atom. The third-order valence-corrected chi connectivity index (χ3v) is 10.5. The van der Waals surface area contributed by atoms with Crippen LogP contribution in [0.3, 0.4) is 0 Å². The van der Waals surface area contributed by atoms with Crippen LogP contribution in [-0.4, -0.2) is 77.3 Å². The summed E-state index contributed by atoms with van der Waals surface area (Å²) < 4.78 is 4.78. The Balaban J connectivity index is 0.997. The molecule has 1 aromatic heterocycles. The molecule has 7 rings (SSSR count). The highest BCUT2D eigenvalue weighted by atomic mass is 16.5. The molecule has 48 heavy (non-hydrogen) atoms. The normalized spacial score (nSPS) is 22.9. The van der Waals surface area contributed by atoms with Crippen molar-refractivity contribution in [2.45, 2.75) is 76.7 Å². The zero-order chi connectivity index (χ0) is 33.4. The number of aryl methyl sites for hydroxylation is 1. The molecule has 2 fully saturated rings. The number of likely N-dealkylation sites (tertiary alicyclic amines) is 2. The van der Waals surface area contributed by atoms with Crippen molar-refractivity contribution in [2.75, 3.05) is 27.2 Å². The van der Waals surface area contributed by atoms with E-state index in [9.17, 15) is 9.59 Å². The van der Waals surface area contributed by atoms with Gasteiger partial charge in [-0.1, -0.05) is 56.3 Å². The molecule has 3 aliphatic heterocycles. The number of ether oxygens (including phenoxy) is 1. The highest BCUT2D eigenvalue weighted by molar-refractivity contribution is 5.87. The van der Waals surface area contributed by atoms with Crippen molar-refractivity contribution in [2.24, 2.45) is 5.92 Å². The number of methoxy groups -OCH3 is 1. The number of benzene rings is 2. The van der Waals surface area contributed by atoms with Crippen molar-refractivity contribution in [3.63, 3.8) is 0 Å². The molecule has 2 unspecified atom stereocenters.